The lowest BCUT2D eigenvalue weighted by atomic mass is 10.0. The first-order valence-corrected chi connectivity index (χ1v) is 10.6. The number of benzene rings is 2. The summed E-state index contributed by atoms with van der Waals surface area (Å²) in [5.74, 6) is 0.396. The number of nitrogens with zero attached hydrogens (tertiary/aromatic N) is 1. The van der Waals surface area contributed by atoms with E-state index in [0.29, 0.717) is 12.2 Å². The Morgan fingerprint density at radius 1 is 1.03 bits per heavy atom. The average molecular weight is 413 g/mol. The van der Waals surface area contributed by atoms with E-state index in [2.05, 4.69) is 10.2 Å². The van der Waals surface area contributed by atoms with Gasteiger partial charge in [-0.25, -0.2) is 4.39 Å². The summed E-state index contributed by atoms with van der Waals surface area (Å²) in [6.45, 7) is 5.05. The second-order valence-corrected chi connectivity index (χ2v) is 7.62. The van der Waals surface area contributed by atoms with E-state index >= 15 is 0 Å². The van der Waals surface area contributed by atoms with E-state index in [0.717, 1.165) is 43.8 Å². The summed E-state index contributed by atoms with van der Waals surface area (Å²) in [7, 11) is 0. The third-order valence-corrected chi connectivity index (χ3v) is 5.34. The van der Waals surface area contributed by atoms with Crippen LogP contribution in [0.1, 0.15) is 48.5 Å². The minimum absolute atomic E-state index is 0.0395. The molecule has 0 spiro atoms. The van der Waals surface area contributed by atoms with Gasteiger partial charge in [-0.3, -0.25) is 14.5 Å². The fraction of sp³-hybridized carbons (Fsp3) is 0.417. The van der Waals surface area contributed by atoms with Gasteiger partial charge in [0.15, 0.2) is 5.78 Å². The Bertz CT molecular complexity index is 829. The highest BCUT2D eigenvalue weighted by molar-refractivity contribution is 5.98. The SMILES string of the molecule is CCOc1ccc(C(=O)CCC(=O)NC2CCN(Cc3ccc(F)cc3)CC2)cc1. The Morgan fingerprint density at radius 3 is 2.33 bits per heavy atom. The molecular formula is C24H29FN2O3. The van der Waals surface area contributed by atoms with Gasteiger partial charge in [0.25, 0.3) is 0 Å². The predicted octanol–water partition coefficient (Wildman–Crippen LogP) is 3.97. The summed E-state index contributed by atoms with van der Waals surface area (Å²) in [6, 6.07) is 13.8. The number of ether oxygens (including phenoxy) is 1. The molecule has 0 aliphatic carbocycles. The van der Waals surface area contributed by atoms with Crippen molar-refractivity contribution < 1.29 is 18.7 Å². The van der Waals surface area contributed by atoms with E-state index in [9.17, 15) is 14.0 Å². The van der Waals surface area contributed by atoms with Gasteiger partial charge in [-0.2, -0.15) is 0 Å². The van der Waals surface area contributed by atoms with Gasteiger partial charge in [-0.1, -0.05) is 12.1 Å². The molecule has 1 heterocycles. The van der Waals surface area contributed by atoms with Crippen molar-refractivity contribution in [2.75, 3.05) is 19.7 Å². The van der Waals surface area contributed by atoms with Crippen LogP contribution in [0.4, 0.5) is 4.39 Å². The maximum atomic E-state index is 13.0. The lowest BCUT2D eigenvalue weighted by Crippen LogP contribution is -2.44. The first-order chi connectivity index (χ1) is 14.5. The summed E-state index contributed by atoms with van der Waals surface area (Å²) in [6.07, 6.45) is 2.14. The molecule has 1 aliphatic rings. The van der Waals surface area contributed by atoms with Crippen LogP contribution in [0.3, 0.4) is 0 Å². The quantitative estimate of drug-likeness (QED) is 0.633. The van der Waals surface area contributed by atoms with Crippen molar-refractivity contribution >= 4 is 11.7 Å². The molecule has 1 amide bonds. The van der Waals surface area contributed by atoms with E-state index in [1.54, 1.807) is 24.3 Å². The first kappa shape index (κ1) is 22.0. The van der Waals surface area contributed by atoms with Crippen LogP contribution in [-0.4, -0.2) is 42.3 Å². The zero-order chi connectivity index (χ0) is 21.3. The van der Waals surface area contributed by atoms with Gasteiger partial charge in [0.1, 0.15) is 11.6 Å². The number of nitrogens with one attached hydrogen (secondary N) is 1. The summed E-state index contributed by atoms with van der Waals surface area (Å²) >= 11 is 0. The fourth-order valence-corrected chi connectivity index (χ4v) is 3.66. The van der Waals surface area contributed by atoms with Gasteiger partial charge in [-0.05, 0) is 61.7 Å². The monoisotopic (exact) mass is 412 g/mol. The number of amides is 1. The molecule has 2 aromatic carbocycles. The van der Waals surface area contributed by atoms with Crippen molar-refractivity contribution in [3.8, 4) is 5.75 Å². The van der Waals surface area contributed by atoms with Crippen LogP contribution in [-0.2, 0) is 11.3 Å². The van der Waals surface area contributed by atoms with Crippen molar-refractivity contribution in [2.24, 2.45) is 0 Å². The zero-order valence-electron chi connectivity index (χ0n) is 17.4. The molecule has 0 unspecified atom stereocenters. The number of carbonyl (C=O) groups is 2. The molecule has 1 aliphatic heterocycles. The number of ketones is 1. The molecule has 3 rings (SSSR count). The molecule has 0 atom stereocenters. The summed E-state index contributed by atoms with van der Waals surface area (Å²) < 4.78 is 18.4. The molecule has 5 nitrogen and oxygen atoms in total. The van der Waals surface area contributed by atoms with Crippen molar-refractivity contribution in [2.45, 2.75) is 45.2 Å². The molecule has 1 fully saturated rings. The lowest BCUT2D eigenvalue weighted by molar-refractivity contribution is -0.122. The number of Topliss-reactive ketones (excluding diaryl/α,β-unsaturated/α-hetero) is 1. The van der Waals surface area contributed by atoms with Crippen molar-refractivity contribution in [3.63, 3.8) is 0 Å². The summed E-state index contributed by atoms with van der Waals surface area (Å²) in [5, 5.41) is 3.06. The molecule has 2 aromatic rings. The Morgan fingerprint density at radius 2 is 1.70 bits per heavy atom. The molecule has 0 radical (unpaired) electrons. The number of halogens is 1. The fourth-order valence-electron chi connectivity index (χ4n) is 3.66. The van der Waals surface area contributed by atoms with Crippen LogP contribution in [0.2, 0.25) is 0 Å². The minimum atomic E-state index is -0.221. The number of hydrogen-bond donors (Lipinski definition) is 1. The van der Waals surface area contributed by atoms with E-state index in [4.69, 9.17) is 4.74 Å². The summed E-state index contributed by atoms with van der Waals surface area (Å²) in [5.41, 5.74) is 1.69. The average Bonchev–Trinajstić information content (AvgIpc) is 2.76. The standard InChI is InChI=1S/C24H29FN2O3/c1-2-30-22-9-5-19(6-10-22)23(28)11-12-24(29)26-21-13-15-27(16-14-21)17-18-3-7-20(25)8-4-18/h3-10,21H,2,11-17H2,1H3,(H,26,29). The highest BCUT2D eigenvalue weighted by Gasteiger charge is 2.21. The van der Waals surface area contributed by atoms with Gasteiger partial charge < -0.3 is 10.1 Å². The second-order valence-electron chi connectivity index (χ2n) is 7.62. The van der Waals surface area contributed by atoms with Gasteiger partial charge in [0, 0.05) is 44.1 Å². The lowest BCUT2D eigenvalue weighted by Gasteiger charge is -2.32. The maximum Gasteiger partial charge on any atom is 0.220 e. The zero-order valence-corrected chi connectivity index (χ0v) is 17.4. The molecule has 6 heteroatoms. The van der Waals surface area contributed by atoms with E-state index in [1.165, 1.54) is 12.1 Å². The van der Waals surface area contributed by atoms with E-state index < -0.39 is 0 Å². The number of piperidine rings is 1. The molecule has 0 saturated carbocycles. The van der Waals surface area contributed by atoms with Crippen LogP contribution in [0.5, 0.6) is 5.75 Å². The third-order valence-electron chi connectivity index (χ3n) is 5.34. The molecule has 0 aromatic heterocycles. The van der Waals surface area contributed by atoms with Crippen LogP contribution in [0.25, 0.3) is 0 Å². The molecule has 1 saturated heterocycles. The van der Waals surface area contributed by atoms with Crippen LogP contribution >= 0.6 is 0 Å². The Kier molecular flexibility index (Phi) is 7.97. The van der Waals surface area contributed by atoms with Crippen molar-refractivity contribution in [1.82, 2.24) is 10.2 Å². The Labute approximate surface area is 177 Å². The van der Waals surface area contributed by atoms with Crippen molar-refractivity contribution in [1.29, 1.82) is 0 Å². The Balaban J connectivity index is 1.36. The molecule has 1 N–H and O–H groups in total. The number of likely N-dealkylation sites (tertiary alicyclic amines) is 1. The number of hydrogen-bond acceptors (Lipinski definition) is 4. The smallest absolute Gasteiger partial charge is 0.220 e. The normalized spacial score (nSPS) is 15.0. The second kappa shape index (κ2) is 10.9. The highest BCUT2D eigenvalue weighted by Crippen LogP contribution is 2.16. The topological polar surface area (TPSA) is 58.6 Å². The number of carbonyl (C=O) groups excluding carboxylic acids is 2. The minimum Gasteiger partial charge on any atom is -0.494 e. The van der Waals surface area contributed by atoms with Crippen molar-refractivity contribution in [3.05, 3.63) is 65.5 Å². The third kappa shape index (κ3) is 6.66. The van der Waals surface area contributed by atoms with Gasteiger partial charge in [0.05, 0.1) is 6.61 Å². The Hall–Kier alpha value is -2.73. The highest BCUT2D eigenvalue weighted by atomic mass is 19.1. The molecule has 30 heavy (non-hydrogen) atoms. The largest absolute Gasteiger partial charge is 0.494 e. The van der Waals surface area contributed by atoms with Gasteiger partial charge in [0.2, 0.25) is 5.91 Å². The molecule has 0 bridgehead atoms. The predicted molar refractivity (Wildman–Crippen MR) is 114 cm³/mol. The van der Waals surface area contributed by atoms with Gasteiger partial charge in [-0.15, -0.1) is 0 Å². The van der Waals surface area contributed by atoms with Crippen LogP contribution < -0.4 is 10.1 Å². The van der Waals surface area contributed by atoms with E-state index in [1.807, 2.05) is 19.1 Å². The molecule has 160 valence electrons. The molecular weight excluding hydrogens is 383 g/mol. The summed E-state index contributed by atoms with van der Waals surface area (Å²) in [4.78, 5) is 26.9. The first-order valence-electron chi connectivity index (χ1n) is 10.6. The van der Waals surface area contributed by atoms with Crippen LogP contribution in [0, 0.1) is 5.82 Å². The maximum absolute atomic E-state index is 13.0. The van der Waals surface area contributed by atoms with Crippen LogP contribution in [0.15, 0.2) is 48.5 Å². The number of rotatable bonds is 9. The van der Waals surface area contributed by atoms with E-state index in [-0.39, 0.29) is 36.4 Å². The van der Waals surface area contributed by atoms with Gasteiger partial charge >= 0.3 is 0 Å².